The third kappa shape index (κ3) is 2.58. The number of anilines is 1. The third-order valence-electron chi connectivity index (χ3n) is 3.41. The van der Waals surface area contributed by atoms with Gasteiger partial charge in [-0.05, 0) is 23.6 Å². The summed E-state index contributed by atoms with van der Waals surface area (Å²) in [6, 6.07) is 6.05. The van der Waals surface area contributed by atoms with E-state index in [4.69, 9.17) is 11.5 Å². The van der Waals surface area contributed by atoms with E-state index in [1.54, 1.807) is 0 Å². The lowest BCUT2D eigenvalue weighted by molar-refractivity contribution is -0.121. The summed E-state index contributed by atoms with van der Waals surface area (Å²) in [7, 11) is 0. The molecular formula is C13H19N3O. The smallest absolute Gasteiger partial charge is 0.221 e. The normalized spacial score (nSPS) is 17.5. The van der Waals surface area contributed by atoms with E-state index >= 15 is 0 Å². The van der Waals surface area contributed by atoms with E-state index in [1.807, 2.05) is 19.1 Å². The van der Waals surface area contributed by atoms with Crippen LogP contribution in [0.4, 0.5) is 5.69 Å². The molecule has 0 spiro atoms. The molecule has 2 rings (SSSR count). The summed E-state index contributed by atoms with van der Waals surface area (Å²) >= 11 is 0. The predicted octanol–water partition coefficient (Wildman–Crippen LogP) is 0.748. The van der Waals surface area contributed by atoms with Crippen LogP contribution in [0.5, 0.6) is 0 Å². The molecule has 0 aromatic heterocycles. The van der Waals surface area contributed by atoms with E-state index in [2.05, 4.69) is 11.0 Å². The largest absolute Gasteiger partial charge is 0.398 e. The number of nitrogen functional groups attached to an aromatic ring is 1. The predicted molar refractivity (Wildman–Crippen MR) is 68.2 cm³/mol. The molecule has 0 bridgehead atoms. The van der Waals surface area contributed by atoms with E-state index < -0.39 is 0 Å². The first-order valence-corrected chi connectivity index (χ1v) is 5.96. The SMILES string of the molecule is CC(CN1CCc2cccc(N)c2C1)C(N)=O. The maximum atomic E-state index is 11.1. The summed E-state index contributed by atoms with van der Waals surface area (Å²) in [6.45, 7) is 4.36. The molecule has 0 saturated carbocycles. The van der Waals surface area contributed by atoms with Crippen molar-refractivity contribution >= 4 is 11.6 Å². The molecule has 0 radical (unpaired) electrons. The van der Waals surface area contributed by atoms with Crippen LogP contribution in [0, 0.1) is 5.92 Å². The Kier molecular flexibility index (Phi) is 3.33. The van der Waals surface area contributed by atoms with Gasteiger partial charge in [-0.3, -0.25) is 9.69 Å². The molecule has 1 aliphatic rings. The van der Waals surface area contributed by atoms with Gasteiger partial charge in [-0.2, -0.15) is 0 Å². The van der Waals surface area contributed by atoms with Crippen molar-refractivity contribution in [3.63, 3.8) is 0 Å². The number of amides is 1. The first-order valence-electron chi connectivity index (χ1n) is 5.96. The Morgan fingerprint density at radius 1 is 1.53 bits per heavy atom. The van der Waals surface area contributed by atoms with Crippen molar-refractivity contribution in [1.29, 1.82) is 0 Å². The van der Waals surface area contributed by atoms with Gasteiger partial charge in [-0.25, -0.2) is 0 Å². The summed E-state index contributed by atoms with van der Waals surface area (Å²) in [5.74, 6) is -0.349. The first kappa shape index (κ1) is 11.9. The van der Waals surface area contributed by atoms with Crippen LogP contribution in [0.2, 0.25) is 0 Å². The summed E-state index contributed by atoms with van der Waals surface area (Å²) < 4.78 is 0. The Labute approximate surface area is 102 Å². The Hall–Kier alpha value is -1.55. The molecule has 0 aliphatic carbocycles. The molecule has 1 aromatic carbocycles. The number of nitrogens with zero attached hydrogens (tertiary/aromatic N) is 1. The molecule has 1 atom stereocenters. The highest BCUT2D eigenvalue weighted by atomic mass is 16.1. The summed E-state index contributed by atoms with van der Waals surface area (Å²) in [5.41, 5.74) is 14.6. The van der Waals surface area contributed by atoms with E-state index in [-0.39, 0.29) is 11.8 Å². The molecular weight excluding hydrogens is 214 g/mol. The van der Waals surface area contributed by atoms with Crippen molar-refractivity contribution in [3.8, 4) is 0 Å². The van der Waals surface area contributed by atoms with Crippen LogP contribution < -0.4 is 11.5 Å². The Morgan fingerprint density at radius 3 is 3.00 bits per heavy atom. The molecule has 1 heterocycles. The van der Waals surface area contributed by atoms with Gasteiger partial charge in [-0.1, -0.05) is 19.1 Å². The van der Waals surface area contributed by atoms with Crippen LogP contribution in [0.25, 0.3) is 0 Å². The van der Waals surface area contributed by atoms with Gasteiger partial charge in [0.25, 0.3) is 0 Å². The number of hydrogen-bond acceptors (Lipinski definition) is 3. The first-order chi connectivity index (χ1) is 8.08. The van der Waals surface area contributed by atoms with E-state index in [1.165, 1.54) is 11.1 Å². The lowest BCUT2D eigenvalue weighted by Gasteiger charge is -2.30. The molecule has 1 unspecified atom stereocenters. The fourth-order valence-electron chi connectivity index (χ4n) is 2.30. The Morgan fingerprint density at radius 2 is 2.29 bits per heavy atom. The van der Waals surface area contributed by atoms with E-state index in [9.17, 15) is 4.79 Å². The van der Waals surface area contributed by atoms with Crippen LogP contribution in [0.3, 0.4) is 0 Å². The second-order valence-corrected chi connectivity index (χ2v) is 4.77. The highest BCUT2D eigenvalue weighted by Gasteiger charge is 2.21. The number of primary amides is 1. The highest BCUT2D eigenvalue weighted by Crippen LogP contribution is 2.24. The summed E-state index contributed by atoms with van der Waals surface area (Å²) in [5, 5.41) is 0. The maximum absolute atomic E-state index is 11.1. The topological polar surface area (TPSA) is 72.3 Å². The molecule has 0 fully saturated rings. The molecule has 4 N–H and O–H groups in total. The number of nitrogens with two attached hydrogens (primary N) is 2. The molecule has 1 amide bonds. The lowest BCUT2D eigenvalue weighted by Crippen LogP contribution is -2.38. The quantitative estimate of drug-likeness (QED) is 0.757. The van der Waals surface area contributed by atoms with Crippen molar-refractivity contribution in [2.75, 3.05) is 18.8 Å². The zero-order chi connectivity index (χ0) is 12.4. The second-order valence-electron chi connectivity index (χ2n) is 4.77. The van der Waals surface area contributed by atoms with Crippen LogP contribution in [0.15, 0.2) is 18.2 Å². The second kappa shape index (κ2) is 4.75. The lowest BCUT2D eigenvalue weighted by atomic mass is 9.97. The number of hydrogen-bond donors (Lipinski definition) is 2. The number of carbonyl (C=O) groups excluding carboxylic acids is 1. The van der Waals surface area contributed by atoms with Gasteiger partial charge < -0.3 is 11.5 Å². The average molecular weight is 233 g/mol. The van der Waals surface area contributed by atoms with Gasteiger partial charge in [0.05, 0.1) is 0 Å². The van der Waals surface area contributed by atoms with Gasteiger partial charge in [-0.15, -0.1) is 0 Å². The standard InChI is InChI=1S/C13H19N3O/c1-9(13(15)17)7-16-6-5-10-3-2-4-12(14)11(10)8-16/h2-4,9H,5-8,14H2,1H3,(H2,15,17). The molecule has 17 heavy (non-hydrogen) atoms. The van der Waals surface area contributed by atoms with E-state index in [0.717, 1.165) is 25.2 Å². The minimum atomic E-state index is -0.239. The fourth-order valence-corrected chi connectivity index (χ4v) is 2.30. The molecule has 1 aromatic rings. The van der Waals surface area contributed by atoms with Crippen molar-refractivity contribution < 1.29 is 4.79 Å². The molecule has 1 aliphatic heterocycles. The third-order valence-corrected chi connectivity index (χ3v) is 3.41. The maximum Gasteiger partial charge on any atom is 0.221 e. The van der Waals surface area contributed by atoms with Crippen LogP contribution in [-0.4, -0.2) is 23.9 Å². The van der Waals surface area contributed by atoms with Crippen LogP contribution in [0.1, 0.15) is 18.1 Å². The fraction of sp³-hybridized carbons (Fsp3) is 0.462. The number of rotatable bonds is 3. The minimum absolute atomic E-state index is 0.110. The summed E-state index contributed by atoms with van der Waals surface area (Å²) in [4.78, 5) is 13.3. The van der Waals surface area contributed by atoms with Gasteiger partial charge in [0.15, 0.2) is 0 Å². The minimum Gasteiger partial charge on any atom is -0.398 e. The number of benzene rings is 1. The molecule has 0 saturated heterocycles. The van der Waals surface area contributed by atoms with Gasteiger partial charge in [0.2, 0.25) is 5.91 Å². The van der Waals surface area contributed by atoms with Gasteiger partial charge in [0, 0.05) is 31.2 Å². The van der Waals surface area contributed by atoms with Gasteiger partial charge in [0.1, 0.15) is 0 Å². The zero-order valence-electron chi connectivity index (χ0n) is 10.1. The van der Waals surface area contributed by atoms with Crippen molar-refractivity contribution in [1.82, 2.24) is 4.90 Å². The van der Waals surface area contributed by atoms with E-state index in [0.29, 0.717) is 6.54 Å². The summed E-state index contributed by atoms with van der Waals surface area (Å²) in [6.07, 6.45) is 0.992. The number of fused-ring (bicyclic) bond motifs is 1. The van der Waals surface area contributed by atoms with Gasteiger partial charge >= 0.3 is 0 Å². The monoisotopic (exact) mass is 233 g/mol. The van der Waals surface area contributed by atoms with Crippen molar-refractivity contribution in [2.45, 2.75) is 19.9 Å². The van der Waals surface area contributed by atoms with Crippen molar-refractivity contribution in [3.05, 3.63) is 29.3 Å². The number of carbonyl (C=O) groups is 1. The van der Waals surface area contributed by atoms with Crippen LogP contribution in [-0.2, 0) is 17.8 Å². The Balaban J connectivity index is 2.08. The Bertz CT molecular complexity index is 431. The highest BCUT2D eigenvalue weighted by molar-refractivity contribution is 5.76. The van der Waals surface area contributed by atoms with Crippen molar-refractivity contribution in [2.24, 2.45) is 11.7 Å². The molecule has 4 nitrogen and oxygen atoms in total. The molecule has 4 heteroatoms. The zero-order valence-corrected chi connectivity index (χ0v) is 10.1. The molecule has 92 valence electrons. The average Bonchev–Trinajstić information content (AvgIpc) is 2.30. The van der Waals surface area contributed by atoms with Crippen LogP contribution >= 0.6 is 0 Å².